The lowest BCUT2D eigenvalue weighted by Crippen LogP contribution is -2.59. The number of unbranched alkanes of at least 4 members (excludes halogenated alkanes) is 1. The average Bonchev–Trinajstić information content (AvgIpc) is 2.83. The molecule has 24 heavy (non-hydrogen) atoms. The maximum absolute atomic E-state index is 12.9. The highest BCUT2D eigenvalue weighted by atomic mass is 16.2. The number of anilines is 1. The number of aromatic nitrogens is 2. The fourth-order valence-electron chi connectivity index (χ4n) is 3.63. The maximum atomic E-state index is 12.9. The SMILES string of the molecule is CCCCC1C(=O)C2C(=O)N(c3nc(C)cc(C)n3)NC2NC1C. The first kappa shape index (κ1) is 17.0. The summed E-state index contributed by atoms with van der Waals surface area (Å²) in [5.74, 6) is -0.747. The summed E-state index contributed by atoms with van der Waals surface area (Å²) in [6.07, 6.45) is 2.47. The standard InChI is InChI=1S/C17H25N5O2/c1-5-6-7-12-11(4)20-15-13(14(12)23)16(24)22(21-15)17-18-9(2)8-10(3)19-17/h8,11-13,15,20-21H,5-7H2,1-4H3. The van der Waals surface area contributed by atoms with Crippen LogP contribution < -0.4 is 15.8 Å². The van der Waals surface area contributed by atoms with Gasteiger partial charge >= 0.3 is 0 Å². The van der Waals surface area contributed by atoms with E-state index in [-0.39, 0.29) is 29.8 Å². The lowest BCUT2D eigenvalue weighted by atomic mass is 9.79. The number of hydrogen-bond acceptors (Lipinski definition) is 6. The Labute approximate surface area is 142 Å². The van der Waals surface area contributed by atoms with Crippen LogP contribution in [0.1, 0.15) is 44.5 Å². The number of nitrogens with one attached hydrogen (secondary N) is 2. The molecule has 3 rings (SSSR count). The number of ketones is 1. The van der Waals surface area contributed by atoms with Crippen LogP contribution in [0, 0.1) is 25.7 Å². The highest BCUT2D eigenvalue weighted by Crippen LogP contribution is 2.30. The number of carbonyl (C=O) groups is 2. The van der Waals surface area contributed by atoms with Crippen molar-refractivity contribution < 1.29 is 9.59 Å². The van der Waals surface area contributed by atoms with Crippen molar-refractivity contribution in [3.63, 3.8) is 0 Å². The van der Waals surface area contributed by atoms with Crippen molar-refractivity contribution in [1.82, 2.24) is 20.7 Å². The molecule has 0 saturated carbocycles. The Morgan fingerprint density at radius 2 is 1.88 bits per heavy atom. The molecule has 2 N–H and O–H groups in total. The second-order valence-electron chi connectivity index (χ2n) is 6.82. The summed E-state index contributed by atoms with van der Waals surface area (Å²) in [5.41, 5.74) is 4.65. The Kier molecular flexibility index (Phi) is 4.64. The maximum Gasteiger partial charge on any atom is 0.257 e. The second kappa shape index (κ2) is 6.57. The van der Waals surface area contributed by atoms with Gasteiger partial charge in [0.05, 0.1) is 6.17 Å². The van der Waals surface area contributed by atoms with Gasteiger partial charge in [0.15, 0.2) is 5.78 Å². The van der Waals surface area contributed by atoms with Crippen molar-refractivity contribution in [2.45, 2.75) is 59.2 Å². The van der Waals surface area contributed by atoms with Gasteiger partial charge in [-0.25, -0.2) is 20.4 Å². The molecule has 1 aromatic rings. The van der Waals surface area contributed by atoms with Gasteiger partial charge in [0, 0.05) is 23.3 Å². The van der Waals surface area contributed by atoms with Crippen molar-refractivity contribution in [3.8, 4) is 0 Å². The molecule has 2 aliphatic heterocycles. The van der Waals surface area contributed by atoms with Crippen LogP contribution in [0.15, 0.2) is 6.07 Å². The number of Topliss-reactive ketones (excluding diaryl/α,β-unsaturated/α-hetero) is 1. The van der Waals surface area contributed by atoms with Crippen LogP contribution in [-0.2, 0) is 9.59 Å². The third-order valence-electron chi connectivity index (χ3n) is 4.85. The summed E-state index contributed by atoms with van der Waals surface area (Å²) in [4.78, 5) is 34.4. The molecule has 0 aromatic carbocycles. The van der Waals surface area contributed by atoms with Gasteiger partial charge in [-0.1, -0.05) is 19.8 Å². The molecule has 4 unspecified atom stereocenters. The summed E-state index contributed by atoms with van der Waals surface area (Å²) in [6, 6.07) is 1.90. The van der Waals surface area contributed by atoms with Crippen LogP contribution >= 0.6 is 0 Å². The molecule has 130 valence electrons. The molecule has 4 atom stereocenters. The molecule has 7 heteroatoms. The molecule has 1 aromatic heterocycles. The highest BCUT2D eigenvalue weighted by molar-refractivity contribution is 6.11. The Morgan fingerprint density at radius 3 is 2.50 bits per heavy atom. The third kappa shape index (κ3) is 2.93. The first-order valence-corrected chi connectivity index (χ1v) is 8.64. The zero-order valence-electron chi connectivity index (χ0n) is 14.7. The van der Waals surface area contributed by atoms with Gasteiger partial charge in [0.2, 0.25) is 5.95 Å². The van der Waals surface area contributed by atoms with E-state index in [4.69, 9.17) is 0 Å². The summed E-state index contributed by atoms with van der Waals surface area (Å²) in [5, 5.41) is 4.71. The second-order valence-corrected chi connectivity index (χ2v) is 6.82. The van der Waals surface area contributed by atoms with E-state index in [9.17, 15) is 9.59 Å². The Bertz CT molecular complexity index is 642. The van der Waals surface area contributed by atoms with Crippen molar-refractivity contribution in [2.75, 3.05) is 5.01 Å². The normalized spacial score (nSPS) is 29.9. The molecule has 0 bridgehead atoms. The Balaban J connectivity index is 1.85. The molecule has 0 radical (unpaired) electrons. The minimum atomic E-state index is -0.701. The number of hydrazine groups is 1. The molecule has 2 saturated heterocycles. The molecule has 0 aliphatic carbocycles. The largest absolute Gasteiger partial charge is 0.298 e. The van der Waals surface area contributed by atoms with Gasteiger partial charge < -0.3 is 0 Å². The summed E-state index contributed by atoms with van der Waals surface area (Å²) >= 11 is 0. The van der Waals surface area contributed by atoms with E-state index in [0.29, 0.717) is 5.95 Å². The molecule has 2 aliphatic rings. The Morgan fingerprint density at radius 1 is 1.21 bits per heavy atom. The fourth-order valence-corrected chi connectivity index (χ4v) is 3.63. The first-order valence-electron chi connectivity index (χ1n) is 8.64. The zero-order chi connectivity index (χ0) is 17.4. The van der Waals surface area contributed by atoms with Crippen LogP contribution in [0.2, 0.25) is 0 Å². The summed E-state index contributed by atoms with van der Waals surface area (Å²) in [6.45, 7) is 7.84. The predicted molar refractivity (Wildman–Crippen MR) is 90.0 cm³/mol. The van der Waals surface area contributed by atoms with Crippen LogP contribution in [0.4, 0.5) is 5.95 Å². The number of rotatable bonds is 4. The quantitative estimate of drug-likeness (QED) is 0.808. The van der Waals surface area contributed by atoms with Crippen molar-refractivity contribution in [1.29, 1.82) is 0 Å². The van der Waals surface area contributed by atoms with Gasteiger partial charge in [-0.2, -0.15) is 0 Å². The van der Waals surface area contributed by atoms with E-state index < -0.39 is 5.92 Å². The number of aryl methyl sites for hydroxylation is 2. The zero-order valence-corrected chi connectivity index (χ0v) is 14.7. The van der Waals surface area contributed by atoms with E-state index >= 15 is 0 Å². The third-order valence-corrected chi connectivity index (χ3v) is 4.85. The monoisotopic (exact) mass is 331 g/mol. The topological polar surface area (TPSA) is 87.2 Å². The van der Waals surface area contributed by atoms with E-state index in [0.717, 1.165) is 30.7 Å². The first-order chi connectivity index (χ1) is 11.4. The van der Waals surface area contributed by atoms with E-state index in [1.807, 2.05) is 26.8 Å². The van der Waals surface area contributed by atoms with Crippen molar-refractivity contribution in [3.05, 3.63) is 17.5 Å². The van der Waals surface area contributed by atoms with Crippen LogP contribution in [0.3, 0.4) is 0 Å². The summed E-state index contributed by atoms with van der Waals surface area (Å²) < 4.78 is 0. The summed E-state index contributed by atoms with van der Waals surface area (Å²) in [7, 11) is 0. The highest BCUT2D eigenvalue weighted by Gasteiger charge is 2.52. The van der Waals surface area contributed by atoms with E-state index in [1.165, 1.54) is 5.01 Å². The molecular weight excluding hydrogens is 306 g/mol. The molecule has 7 nitrogen and oxygen atoms in total. The Hall–Kier alpha value is -1.86. The molecule has 1 amide bonds. The van der Waals surface area contributed by atoms with Gasteiger partial charge in [-0.05, 0) is 33.3 Å². The van der Waals surface area contributed by atoms with Crippen LogP contribution in [0.25, 0.3) is 0 Å². The van der Waals surface area contributed by atoms with Crippen LogP contribution in [-0.4, -0.2) is 33.9 Å². The van der Waals surface area contributed by atoms with E-state index in [2.05, 4.69) is 27.6 Å². The lowest BCUT2D eigenvalue weighted by Gasteiger charge is -2.35. The molecule has 3 heterocycles. The van der Waals surface area contributed by atoms with Gasteiger partial charge in [0.1, 0.15) is 5.92 Å². The van der Waals surface area contributed by atoms with Gasteiger partial charge in [0.25, 0.3) is 5.91 Å². The molecular formula is C17H25N5O2. The predicted octanol–water partition coefficient (Wildman–Crippen LogP) is 1.25. The minimum absolute atomic E-state index is 0.0316. The molecule has 0 spiro atoms. The number of piperidine rings is 1. The van der Waals surface area contributed by atoms with Gasteiger partial charge in [-0.15, -0.1) is 0 Å². The van der Waals surface area contributed by atoms with Crippen LogP contribution in [0.5, 0.6) is 0 Å². The van der Waals surface area contributed by atoms with Crippen molar-refractivity contribution in [2.24, 2.45) is 11.8 Å². The number of carbonyl (C=O) groups excluding carboxylic acids is 2. The fraction of sp³-hybridized carbons (Fsp3) is 0.647. The average molecular weight is 331 g/mol. The smallest absolute Gasteiger partial charge is 0.257 e. The number of fused-ring (bicyclic) bond motifs is 1. The number of nitrogens with zero attached hydrogens (tertiary/aromatic N) is 3. The minimum Gasteiger partial charge on any atom is -0.298 e. The van der Waals surface area contributed by atoms with Gasteiger partial charge in [-0.3, -0.25) is 14.9 Å². The molecule has 2 fully saturated rings. The number of hydrogen-bond donors (Lipinski definition) is 2. The van der Waals surface area contributed by atoms with Crippen molar-refractivity contribution >= 4 is 17.6 Å². The lowest BCUT2D eigenvalue weighted by molar-refractivity contribution is -0.137. The van der Waals surface area contributed by atoms with E-state index in [1.54, 1.807) is 0 Å². The number of amides is 1.